The number of anilines is 1. The summed E-state index contributed by atoms with van der Waals surface area (Å²) in [6.07, 6.45) is 6.31. The SMILES string of the molecule is CN(C)c1nc(CN2CCC(Cn3cnc(C4CC4)cc3=O)CC2)ns1. The molecule has 2 aromatic rings. The predicted molar refractivity (Wildman–Crippen MR) is 103 cm³/mol. The molecule has 2 aromatic heterocycles. The molecule has 0 unspecified atom stereocenters. The Morgan fingerprint density at radius 2 is 2.00 bits per heavy atom. The summed E-state index contributed by atoms with van der Waals surface area (Å²) in [5, 5.41) is 0.955. The Labute approximate surface area is 157 Å². The van der Waals surface area contributed by atoms with Crippen LogP contribution in [0.3, 0.4) is 0 Å². The van der Waals surface area contributed by atoms with E-state index in [2.05, 4.69) is 19.2 Å². The second-order valence-electron chi connectivity index (χ2n) is 7.69. The molecular formula is C18H26N6OS. The molecule has 140 valence electrons. The van der Waals surface area contributed by atoms with Crippen LogP contribution in [0.4, 0.5) is 5.13 Å². The quantitative estimate of drug-likeness (QED) is 0.770. The van der Waals surface area contributed by atoms with Gasteiger partial charge in [-0.25, -0.2) is 9.97 Å². The highest BCUT2D eigenvalue weighted by atomic mass is 32.1. The largest absolute Gasteiger partial charge is 0.353 e. The molecule has 0 amide bonds. The summed E-state index contributed by atoms with van der Waals surface area (Å²) in [6, 6.07) is 1.74. The third-order valence-electron chi connectivity index (χ3n) is 5.26. The highest BCUT2D eigenvalue weighted by Crippen LogP contribution is 2.38. The molecule has 3 heterocycles. The van der Waals surface area contributed by atoms with Gasteiger partial charge >= 0.3 is 0 Å². The zero-order chi connectivity index (χ0) is 18.1. The Kier molecular flexibility index (Phi) is 5.04. The average molecular weight is 375 g/mol. The van der Waals surface area contributed by atoms with Crippen molar-refractivity contribution in [2.75, 3.05) is 32.1 Å². The zero-order valence-corrected chi connectivity index (χ0v) is 16.3. The van der Waals surface area contributed by atoms with Gasteiger partial charge < -0.3 is 4.90 Å². The van der Waals surface area contributed by atoms with Crippen molar-refractivity contribution in [3.8, 4) is 0 Å². The van der Waals surface area contributed by atoms with Crippen LogP contribution in [0.1, 0.15) is 43.1 Å². The Hall–Kier alpha value is -1.80. The van der Waals surface area contributed by atoms with Crippen LogP contribution in [0.15, 0.2) is 17.2 Å². The van der Waals surface area contributed by atoms with Gasteiger partial charge in [0.2, 0.25) is 5.13 Å². The maximum absolute atomic E-state index is 12.3. The molecule has 26 heavy (non-hydrogen) atoms. The van der Waals surface area contributed by atoms with E-state index in [9.17, 15) is 4.79 Å². The van der Waals surface area contributed by atoms with Gasteiger partial charge in [0.15, 0.2) is 5.82 Å². The van der Waals surface area contributed by atoms with E-state index in [1.165, 1.54) is 24.4 Å². The van der Waals surface area contributed by atoms with Crippen LogP contribution in [0, 0.1) is 5.92 Å². The van der Waals surface area contributed by atoms with Crippen LogP contribution in [-0.4, -0.2) is 51.0 Å². The molecule has 0 bridgehead atoms. The molecule has 0 spiro atoms. The second kappa shape index (κ2) is 7.44. The van der Waals surface area contributed by atoms with Crippen molar-refractivity contribution in [3.05, 3.63) is 34.3 Å². The van der Waals surface area contributed by atoms with Crippen molar-refractivity contribution in [1.82, 2.24) is 23.8 Å². The van der Waals surface area contributed by atoms with E-state index in [0.717, 1.165) is 55.7 Å². The lowest BCUT2D eigenvalue weighted by Crippen LogP contribution is -2.36. The monoisotopic (exact) mass is 374 g/mol. The minimum Gasteiger partial charge on any atom is -0.353 e. The summed E-state index contributed by atoms with van der Waals surface area (Å²) >= 11 is 1.45. The van der Waals surface area contributed by atoms with Crippen molar-refractivity contribution < 1.29 is 0 Å². The molecule has 4 rings (SSSR count). The number of hydrogen-bond donors (Lipinski definition) is 0. The first-order valence-electron chi connectivity index (χ1n) is 9.37. The van der Waals surface area contributed by atoms with Crippen LogP contribution in [0.2, 0.25) is 0 Å². The molecule has 0 N–H and O–H groups in total. The molecule has 1 aliphatic heterocycles. The van der Waals surface area contributed by atoms with Crippen LogP contribution in [0.5, 0.6) is 0 Å². The topological polar surface area (TPSA) is 67.2 Å². The number of aromatic nitrogens is 4. The Bertz CT molecular complexity index is 804. The van der Waals surface area contributed by atoms with Crippen LogP contribution in [-0.2, 0) is 13.1 Å². The predicted octanol–water partition coefficient (Wildman–Crippen LogP) is 1.95. The van der Waals surface area contributed by atoms with Gasteiger partial charge in [-0.3, -0.25) is 14.3 Å². The third-order valence-corrected chi connectivity index (χ3v) is 6.19. The summed E-state index contributed by atoms with van der Waals surface area (Å²) in [5.74, 6) is 1.99. The Balaban J connectivity index is 1.28. The van der Waals surface area contributed by atoms with Gasteiger partial charge in [-0.15, -0.1) is 0 Å². The average Bonchev–Trinajstić information content (AvgIpc) is 3.37. The van der Waals surface area contributed by atoms with E-state index in [1.54, 1.807) is 17.0 Å². The van der Waals surface area contributed by atoms with E-state index in [0.29, 0.717) is 11.8 Å². The first-order valence-corrected chi connectivity index (χ1v) is 10.1. The number of rotatable bonds is 6. The number of likely N-dealkylation sites (tertiary alicyclic amines) is 1. The molecule has 7 nitrogen and oxygen atoms in total. The maximum Gasteiger partial charge on any atom is 0.253 e. The van der Waals surface area contributed by atoms with E-state index >= 15 is 0 Å². The molecule has 8 heteroatoms. The summed E-state index contributed by atoms with van der Waals surface area (Å²) in [7, 11) is 3.98. The standard InChI is InChI=1S/C18H26N6OS/c1-22(2)18-20-16(21-26-18)11-23-7-5-13(6-8-23)10-24-12-19-15(9-17(24)25)14-3-4-14/h9,12-14H,3-8,10-11H2,1-2H3. The van der Waals surface area contributed by atoms with Crippen molar-refractivity contribution >= 4 is 16.7 Å². The first-order chi connectivity index (χ1) is 12.6. The molecule has 0 radical (unpaired) electrons. The minimum absolute atomic E-state index is 0.104. The fourth-order valence-corrected chi connectivity index (χ4v) is 4.07. The van der Waals surface area contributed by atoms with Crippen molar-refractivity contribution in [1.29, 1.82) is 0 Å². The second-order valence-corrected chi connectivity index (χ2v) is 8.42. The smallest absolute Gasteiger partial charge is 0.253 e. The lowest BCUT2D eigenvalue weighted by Gasteiger charge is -2.31. The summed E-state index contributed by atoms with van der Waals surface area (Å²) in [5.41, 5.74) is 1.08. The number of nitrogens with zero attached hydrogens (tertiary/aromatic N) is 6. The molecule has 1 saturated carbocycles. The van der Waals surface area contributed by atoms with Crippen molar-refractivity contribution in [2.45, 2.75) is 44.7 Å². The van der Waals surface area contributed by atoms with Gasteiger partial charge in [-0.05, 0) is 44.7 Å². The lowest BCUT2D eigenvalue weighted by atomic mass is 9.96. The molecule has 2 fully saturated rings. The van der Waals surface area contributed by atoms with Gasteiger partial charge in [0.1, 0.15) is 0 Å². The van der Waals surface area contributed by atoms with Gasteiger partial charge in [0.05, 0.1) is 18.6 Å². The maximum atomic E-state index is 12.3. The molecule has 2 aliphatic rings. The van der Waals surface area contributed by atoms with Crippen LogP contribution < -0.4 is 10.5 Å². The lowest BCUT2D eigenvalue weighted by molar-refractivity contribution is 0.163. The summed E-state index contributed by atoms with van der Waals surface area (Å²) < 4.78 is 6.24. The Morgan fingerprint density at radius 1 is 1.23 bits per heavy atom. The third kappa shape index (κ3) is 4.12. The first kappa shape index (κ1) is 17.6. The molecular weight excluding hydrogens is 348 g/mol. The number of piperidine rings is 1. The van der Waals surface area contributed by atoms with Gasteiger partial charge in [-0.2, -0.15) is 4.37 Å². The van der Waals surface area contributed by atoms with Crippen molar-refractivity contribution in [3.63, 3.8) is 0 Å². The normalized spacial score (nSPS) is 19.0. The molecule has 0 aromatic carbocycles. The van der Waals surface area contributed by atoms with E-state index in [-0.39, 0.29) is 5.56 Å². The van der Waals surface area contributed by atoms with Gasteiger partial charge in [0, 0.05) is 44.2 Å². The van der Waals surface area contributed by atoms with E-state index in [4.69, 9.17) is 0 Å². The van der Waals surface area contributed by atoms with Crippen LogP contribution >= 0.6 is 11.5 Å². The van der Waals surface area contributed by atoms with Crippen LogP contribution in [0.25, 0.3) is 0 Å². The molecule has 1 aliphatic carbocycles. The van der Waals surface area contributed by atoms with E-state index < -0.39 is 0 Å². The summed E-state index contributed by atoms with van der Waals surface area (Å²) in [4.78, 5) is 25.8. The molecule has 0 atom stereocenters. The summed E-state index contributed by atoms with van der Waals surface area (Å²) in [6.45, 7) is 3.66. The fraction of sp³-hybridized carbons (Fsp3) is 0.667. The fourth-order valence-electron chi connectivity index (χ4n) is 3.48. The highest BCUT2D eigenvalue weighted by molar-refractivity contribution is 7.09. The van der Waals surface area contributed by atoms with Crippen molar-refractivity contribution in [2.24, 2.45) is 5.92 Å². The van der Waals surface area contributed by atoms with Gasteiger partial charge in [0.25, 0.3) is 5.56 Å². The highest BCUT2D eigenvalue weighted by Gasteiger charge is 2.26. The van der Waals surface area contributed by atoms with Gasteiger partial charge in [-0.1, -0.05) is 0 Å². The number of hydrogen-bond acceptors (Lipinski definition) is 7. The van der Waals surface area contributed by atoms with E-state index in [1.807, 2.05) is 19.0 Å². The molecule has 1 saturated heterocycles. The Morgan fingerprint density at radius 3 is 2.62 bits per heavy atom. The zero-order valence-electron chi connectivity index (χ0n) is 15.5. The minimum atomic E-state index is 0.104.